The highest BCUT2D eigenvalue weighted by molar-refractivity contribution is 7.92. The van der Waals surface area contributed by atoms with E-state index in [1.54, 1.807) is 12.1 Å². The summed E-state index contributed by atoms with van der Waals surface area (Å²) < 4.78 is 48.0. The van der Waals surface area contributed by atoms with E-state index in [9.17, 15) is 21.6 Å². The summed E-state index contributed by atoms with van der Waals surface area (Å²) in [5.41, 5.74) is 0.853. The van der Waals surface area contributed by atoms with Crippen LogP contribution in [-0.2, 0) is 30.9 Å². The molecule has 0 aromatic heterocycles. The van der Waals surface area contributed by atoms with Crippen LogP contribution in [0.5, 0.6) is 0 Å². The summed E-state index contributed by atoms with van der Waals surface area (Å²) in [6, 6.07) is 12.4. The highest BCUT2D eigenvalue weighted by atomic mass is 35.5. The first kappa shape index (κ1) is 20.8. The number of halogens is 1. The number of nitrogens with zero attached hydrogens (tertiary/aromatic N) is 1. The molecule has 1 aliphatic heterocycles. The zero-order valence-electron chi connectivity index (χ0n) is 15.2. The fraction of sp³-hybridized carbons (Fsp3) is 0.316. The minimum Gasteiger partial charge on any atom is -0.340 e. The van der Waals surface area contributed by atoms with Crippen molar-refractivity contribution >= 4 is 37.2 Å². The first-order chi connectivity index (χ1) is 13.1. The second-order valence-corrected chi connectivity index (χ2v) is 11.5. The topological polar surface area (TPSA) is 88.6 Å². The fourth-order valence-corrected chi connectivity index (χ4v) is 5.38. The molecule has 150 valence electrons. The van der Waals surface area contributed by atoms with E-state index < -0.39 is 24.9 Å². The van der Waals surface area contributed by atoms with Gasteiger partial charge in [0.1, 0.15) is 5.25 Å². The molecule has 1 fully saturated rings. The molecule has 2 aromatic carbocycles. The summed E-state index contributed by atoms with van der Waals surface area (Å²) in [4.78, 5) is 14.3. The summed E-state index contributed by atoms with van der Waals surface area (Å²) >= 11 is 5.79. The average molecular weight is 442 g/mol. The maximum Gasteiger partial charge on any atom is 0.222 e. The van der Waals surface area contributed by atoms with Crippen LogP contribution in [0.25, 0.3) is 0 Å². The van der Waals surface area contributed by atoms with Gasteiger partial charge in [-0.2, -0.15) is 0 Å². The van der Waals surface area contributed by atoms with Crippen molar-refractivity contribution in [3.63, 3.8) is 0 Å². The van der Waals surface area contributed by atoms with Gasteiger partial charge in [0.2, 0.25) is 5.91 Å². The third-order valence-corrected chi connectivity index (χ3v) is 8.25. The van der Waals surface area contributed by atoms with Gasteiger partial charge >= 0.3 is 0 Å². The molecular weight excluding hydrogens is 422 g/mol. The van der Waals surface area contributed by atoms with Crippen molar-refractivity contribution in [2.24, 2.45) is 0 Å². The van der Waals surface area contributed by atoms with Crippen molar-refractivity contribution in [2.75, 3.05) is 19.3 Å². The Balaban J connectivity index is 1.53. The van der Waals surface area contributed by atoms with Gasteiger partial charge in [-0.3, -0.25) is 4.79 Å². The number of likely N-dealkylation sites (tertiary alicyclic amines) is 1. The van der Waals surface area contributed by atoms with Gasteiger partial charge in [-0.1, -0.05) is 23.7 Å². The Morgan fingerprint density at radius 2 is 1.50 bits per heavy atom. The second kappa shape index (κ2) is 7.85. The summed E-state index contributed by atoms with van der Waals surface area (Å²) in [5, 5.41) is -0.138. The van der Waals surface area contributed by atoms with Crippen LogP contribution in [0.3, 0.4) is 0 Å². The molecule has 9 heteroatoms. The number of hydrogen-bond acceptors (Lipinski definition) is 5. The van der Waals surface area contributed by atoms with Crippen LogP contribution in [0.2, 0.25) is 5.02 Å². The van der Waals surface area contributed by atoms with E-state index in [0.717, 1.165) is 11.8 Å². The highest BCUT2D eigenvalue weighted by Crippen LogP contribution is 2.25. The average Bonchev–Trinajstić information content (AvgIpc) is 2.58. The van der Waals surface area contributed by atoms with Crippen LogP contribution in [0.4, 0.5) is 0 Å². The van der Waals surface area contributed by atoms with Gasteiger partial charge in [-0.05, 0) is 48.4 Å². The van der Waals surface area contributed by atoms with E-state index in [1.165, 1.54) is 41.3 Å². The van der Waals surface area contributed by atoms with Crippen LogP contribution >= 0.6 is 11.6 Å². The third-order valence-electron chi connectivity index (χ3n) is 4.76. The molecule has 6 nitrogen and oxygen atoms in total. The van der Waals surface area contributed by atoms with Crippen molar-refractivity contribution in [3.05, 3.63) is 59.1 Å². The van der Waals surface area contributed by atoms with Crippen LogP contribution < -0.4 is 0 Å². The van der Waals surface area contributed by atoms with Gasteiger partial charge in [-0.25, -0.2) is 16.8 Å². The maximum atomic E-state index is 12.6. The van der Waals surface area contributed by atoms with E-state index in [4.69, 9.17) is 11.6 Å². The molecule has 2 aromatic rings. The van der Waals surface area contributed by atoms with Crippen LogP contribution in [0.15, 0.2) is 58.3 Å². The Morgan fingerprint density at radius 1 is 0.964 bits per heavy atom. The fourth-order valence-electron chi connectivity index (χ4n) is 2.97. The smallest absolute Gasteiger partial charge is 0.222 e. The summed E-state index contributed by atoms with van der Waals surface area (Å²) in [7, 11) is -6.72. The predicted molar refractivity (Wildman–Crippen MR) is 107 cm³/mol. The van der Waals surface area contributed by atoms with Gasteiger partial charge < -0.3 is 4.90 Å². The molecule has 0 bridgehead atoms. The molecule has 28 heavy (non-hydrogen) atoms. The van der Waals surface area contributed by atoms with E-state index in [1.807, 2.05) is 0 Å². The van der Waals surface area contributed by atoms with Gasteiger partial charge in [-0.15, -0.1) is 0 Å². The van der Waals surface area contributed by atoms with Crippen LogP contribution in [-0.4, -0.2) is 52.2 Å². The minimum atomic E-state index is -3.48. The summed E-state index contributed by atoms with van der Waals surface area (Å²) in [6.07, 6.45) is 1.85. The monoisotopic (exact) mass is 441 g/mol. The Labute approximate surface area is 170 Å². The third kappa shape index (κ3) is 4.56. The lowest BCUT2D eigenvalue weighted by Crippen LogP contribution is -2.56. The van der Waals surface area contributed by atoms with E-state index in [2.05, 4.69) is 0 Å². The number of benzene rings is 2. The first-order valence-corrected chi connectivity index (χ1v) is 12.5. The van der Waals surface area contributed by atoms with Crippen molar-refractivity contribution in [2.45, 2.75) is 27.9 Å². The molecule has 0 aliphatic carbocycles. The number of amides is 1. The SMILES string of the molecule is CS(=O)(=O)c1ccc(CCC(=O)N2CC(S(=O)(=O)c3ccc(Cl)cc3)C2)cc1. The predicted octanol–water partition coefficient (Wildman–Crippen LogP) is 2.36. The minimum absolute atomic E-state index is 0.116. The Kier molecular flexibility index (Phi) is 5.84. The number of carbonyl (C=O) groups excluding carboxylic acids is 1. The molecule has 1 amide bonds. The molecular formula is C19H20ClNO5S2. The van der Waals surface area contributed by atoms with Crippen LogP contribution in [0.1, 0.15) is 12.0 Å². The zero-order valence-corrected chi connectivity index (χ0v) is 17.6. The molecule has 0 spiro atoms. The zero-order chi connectivity index (χ0) is 20.5. The standard InChI is InChI=1S/C19H20ClNO5S2/c1-27(23,24)16-7-2-14(3-8-16)4-11-19(22)21-12-18(13-21)28(25,26)17-9-5-15(20)6-10-17/h2-3,5-10,18H,4,11-13H2,1H3. The number of hydrogen-bond donors (Lipinski definition) is 0. The number of rotatable bonds is 6. The molecule has 0 unspecified atom stereocenters. The van der Waals surface area contributed by atoms with Crippen molar-refractivity contribution in [1.29, 1.82) is 0 Å². The van der Waals surface area contributed by atoms with Gasteiger partial charge in [0.15, 0.2) is 19.7 Å². The van der Waals surface area contributed by atoms with Crippen LogP contribution in [0, 0.1) is 0 Å². The van der Waals surface area contributed by atoms with Crippen molar-refractivity contribution in [1.82, 2.24) is 4.90 Å². The van der Waals surface area contributed by atoms with Crippen molar-refractivity contribution in [3.8, 4) is 0 Å². The Hall–Kier alpha value is -1.90. The lowest BCUT2D eigenvalue weighted by atomic mass is 10.1. The highest BCUT2D eigenvalue weighted by Gasteiger charge is 2.40. The molecule has 0 N–H and O–H groups in total. The molecule has 1 saturated heterocycles. The van der Waals surface area contributed by atoms with E-state index in [-0.39, 0.29) is 35.2 Å². The number of aryl methyl sites for hydroxylation is 1. The Morgan fingerprint density at radius 3 is 2.04 bits per heavy atom. The molecule has 0 radical (unpaired) electrons. The normalized spacial score (nSPS) is 15.3. The number of carbonyl (C=O) groups is 1. The summed E-state index contributed by atoms with van der Waals surface area (Å²) in [6.45, 7) is 0.355. The van der Waals surface area contributed by atoms with Gasteiger partial charge in [0, 0.05) is 30.8 Å². The Bertz CT molecular complexity index is 1070. The van der Waals surface area contributed by atoms with E-state index >= 15 is 0 Å². The van der Waals surface area contributed by atoms with E-state index in [0.29, 0.717) is 11.4 Å². The quantitative estimate of drug-likeness (QED) is 0.686. The molecule has 1 aliphatic rings. The van der Waals surface area contributed by atoms with Gasteiger partial charge in [0.25, 0.3) is 0 Å². The van der Waals surface area contributed by atoms with Gasteiger partial charge in [0.05, 0.1) is 9.79 Å². The second-order valence-electron chi connectivity index (χ2n) is 6.84. The maximum absolute atomic E-state index is 12.6. The lowest BCUT2D eigenvalue weighted by molar-refractivity contribution is -0.134. The van der Waals surface area contributed by atoms with Crippen molar-refractivity contribution < 1.29 is 21.6 Å². The lowest BCUT2D eigenvalue weighted by Gasteiger charge is -2.38. The molecule has 3 rings (SSSR count). The largest absolute Gasteiger partial charge is 0.340 e. The first-order valence-electron chi connectivity index (χ1n) is 8.63. The molecule has 0 saturated carbocycles. The number of sulfone groups is 2. The summed E-state index contributed by atoms with van der Waals surface area (Å²) in [5.74, 6) is -0.116. The molecule has 1 heterocycles. The molecule has 0 atom stereocenters.